The number of oxazole rings is 1. The Balaban J connectivity index is 2.22. The highest BCUT2D eigenvalue weighted by atomic mass is 16.6. The zero-order valence-corrected chi connectivity index (χ0v) is 13.2. The number of nitro groups is 1. The lowest BCUT2D eigenvalue weighted by Gasteiger charge is -2.17. The Morgan fingerprint density at radius 3 is 2.67 bits per heavy atom. The van der Waals surface area contributed by atoms with Gasteiger partial charge in [0.05, 0.1) is 16.5 Å². The van der Waals surface area contributed by atoms with Crippen molar-refractivity contribution in [3.05, 3.63) is 38.9 Å². The second kappa shape index (κ2) is 6.52. The molecule has 10 nitrogen and oxygen atoms in total. The lowest BCUT2D eigenvalue weighted by molar-refractivity contribution is -0.384. The fourth-order valence-corrected chi connectivity index (χ4v) is 2.10. The molecule has 128 valence electrons. The summed E-state index contributed by atoms with van der Waals surface area (Å²) in [5.41, 5.74) is -0.0373. The number of non-ortho nitro benzene ring substituents is 1. The van der Waals surface area contributed by atoms with Gasteiger partial charge in [-0.15, -0.1) is 0 Å². The van der Waals surface area contributed by atoms with Crippen molar-refractivity contribution < 1.29 is 23.7 Å². The van der Waals surface area contributed by atoms with Crippen molar-refractivity contribution in [3.8, 4) is 0 Å². The van der Waals surface area contributed by atoms with Gasteiger partial charge in [-0.3, -0.25) is 24.3 Å². The van der Waals surface area contributed by atoms with Crippen molar-refractivity contribution >= 4 is 28.7 Å². The van der Waals surface area contributed by atoms with Crippen LogP contribution in [-0.4, -0.2) is 46.5 Å². The second-order valence-electron chi connectivity index (χ2n) is 5.23. The van der Waals surface area contributed by atoms with Gasteiger partial charge in [0, 0.05) is 20.2 Å². The van der Waals surface area contributed by atoms with Gasteiger partial charge in [-0.25, -0.2) is 4.79 Å². The van der Waals surface area contributed by atoms with E-state index in [0.717, 1.165) is 10.6 Å². The largest absolute Gasteiger partial charge is 0.451 e. The molecule has 0 radical (unpaired) electrons. The number of nitrogens with zero attached hydrogens (tertiary/aromatic N) is 3. The summed E-state index contributed by atoms with van der Waals surface area (Å²) in [6, 6.07) is 3.59. The number of rotatable bonds is 5. The smallest absolute Gasteiger partial charge is 0.420 e. The lowest BCUT2D eigenvalue weighted by atomic mass is 10.3. The SMILES string of the molecule is C[C@@H](OC(=O)Cn1c(=O)oc2cc([N+](=O)[O-])ccc21)C(=O)N(C)C. The van der Waals surface area contributed by atoms with E-state index in [1.54, 1.807) is 0 Å². The third kappa shape index (κ3) is 3.42. The molecule has 1 atom stereocenters. The number of aromatic nitrogens is 1. The number of likely N-dealkylation sites (N-methyl/N-ethyl adjacent to an activating group) is 1. The second-order valence-corrected chi connectivity index (χ2v) is 5.23. The number of amides is 1. The van der Waals surface area contributed by atoms with Crippen molar-refractivity contribution in [1.82, 2.24) is 9.47 Å². The van der Waals surface area contributed by atoms with Crippen LogP contribution in [0.15, 0.2) is 27.4 Å². The third-order valence-corrected chi connectivity index (χ3v) is 3.25. The molecule has 0 N–H and O–H groups in total. The summed E-state index contributed by atoms with van der Waals surface area (Å²) >= 11 is 0. The van der Waals surface area contributed by atoms with E-state index in [4.69, 9.17) is 9.15 Å². The van der Waals surface area contributed by atoms with Crippen LogP contribution in [0.4, 0.5) is 5.69 Å². The number of ether oxygens (including phenoxy) is 1. The number of hydrogen-bond acceptors (Lipinski definition) is 7. The summed E-state index contributed by atoms with van der Waals surface area (Å²) in [6.45, 7) is 0.939. The number of carbonyl (C=O) groups is 2. The van der Waals surface area contributed by atoms with Gasteiger partial charge in [0.1, 0.15) is 6.54 Å². The monoisotopic (exact) mass is 337 g/mol. The molecular formula is C14H15N3O7. The standard InChI is InChI=1S/C14H15N3O7/c1-8(13(19)15(2)3)23-12(18)7-16-10-5-4-9(17(21)22)6-11(10)24-14(16)20/h4-6,8H,7H2,1-3H3/t8-/m1/s1. The molecule has 2 aromatic rings. The van der Waals surface area contributed by atoms with Crippen LogP contribution >= 0.6 is 0 Å². The van der Waals surface area contributed by atoms with E-state index in [-0.39, 0.29) is 16.8 Å². The average Bonchev–Trinajstić information content (AvgIpc) is 2.81. The number of esters is 1. The molecule has 0 bridgehead atoms. The fraction of sp³-hybridized carbons (Fsp3) is 0.357. The Kier molecular flexibility index (Phi) is 4.67. The first-order valence-electron chi connectivity index (χ1n) is 6.89. The molecule has 0 aliphatic carbocycles. The van der Waals surface area contributed by atoms with Crippen molar-refractivity contribution in [1.29, 1.82) is 0 Å². The van der Waals surface area contributed by atoms with Gasteiger partial charge >= 0.3 is 11.7 Å². The van der Waals surface area contributed by atoms with Crippen molar-refractivity contribution in [2.24, 2.45) is 0 Å². The van der Waals surface area contributed by atoms with Gasteiger partial charge in [0.15, 0.2) is 11.7 Å². The van der Waals surface area contributed by atoms with Crippen molar-refractivity contribution in [2.45, 2.75) is 19.6 Å². The maximum atomic E-state index is 11.9. The maximum absolute atomic E-state index is 11.9. The van der Waals surface area contributed by atoms with E-state index in [2.05, 4.69) is 0 Å². The first kappa shape index (κ1) is 17.2. The van der Waals surface area contributed by atoms with Crippen LogP contribution in [0.25, 0.3) is 11.1 Å². The first-order chi connectivity index (χ1) is 11.2. The minimum atomic E-state index is -0.998. The molecule has 10 heteroatoms. The number of carbonyl (C=O) groups excluding carboxylic acids is 2. The molecule has 0 unspecified atom stereocenters. The Bertz CT molecular complexity index is 865. The Morgan fingerprint density at radius 2 is 2.08 bits per heavy atom. The Labute approximate surface area is 135 Å². The summed E-state index contributed by atoms with van der Waals surface area (Å²) in [6.07, 6.45) is -0.998. The molecule has 1 aromatic heterocycles. The minimum absolute atomic E-state index is 0.0144. The zero-order valence-electron chi connectivity index (χ0n) is 13.2. The maximum Gasteiger partial charge on any atom is 0.420 e. The number of nitro benzene ring substituents is 1. The van der Waals surface area contributed by atoms with E-state index in [1.807, 2.05) is 0 Å². The molecule has 0 fully saturated rings. The number of benzene rings is 1. The molecule has 0 spiro atoms. The number of fused-ring (bicyclic) bond motifs is 1. The van der Waals surface area contributed by atoms with Gasteiger partial charge in [-0.2, -0.15) is 0 Å². The topological polar surface area (TPSA) is 125 Å². The van der Waals surface area contributed by atoms with Crippen LogP contribution in [0.2, 0.25) is 0 Å². The molecule has 0 aliphatic rings. The summed E-state index contributed by atoms with van der Waals surface area (Å²) < 4.78 is 10.9. The normalized spacial score (nSPS) is 12.0. The molecule has 24 heavy (non-hydrogen) atoms. The molecule has 0 saturated carbocycles. The lowest BCUT2D eigenvalue weighted by Crippen LogP contribution is -2.36. The summed E-state index contributed by atoms with van der Waals surface area (Å²) in [5.74, 6) is -2.06. The molecule has 0 saturated heterocycles. The Morgan fingerprint density at radius 1 is 1.42 bits per heavy atom. The van der Waals surface area contributed by atoms with Crippen LogP contribution in [-0.2, 0) is 20.9 Å². The predicted molar refractivity (Wildman–Crippen MR) is 81.4 cm³/mol. The van der Waals surface area contributed by atoms with Gasteiger partial charge in [-0.05, 0) is 13.0 Å². The van der Waals surface area contributed by atoms with E-state index in [1.165, 1.54) is 38.1 Å². The van der Waals surface area contributed by atoms with Crippen molar-refractivity contribution in [3.63, 3.8) is 0 Å². The molecule has 1 aromatic carbocycles. The quantitative estimate of drug-likeness (QED) is 0.442. The summed E-state index contributed by atoms with van der Waals surface area (Å²) in [7, 11) is 3.04. The molecule has 1 heterocycles. The van der Waals surface area contributed by atoms with Gasteiger partial charge in [0.2, 0.25) is 0 Å². The zero-order chi connectivity index (χ0) is 18.0. The van der Waals surface area contributed by atoms with Crippen LogP contribution < -0.4 is 5.76 Å². The summed E-state index contributed by atoms with van der Waals surface area (Å²) in [4.78, 5) is 46.8. The van der Waals surface area contributed by atoms with Crippen molar-refractivity contribution in [2.75, 3.05) is 14.1 Å². The van der Waals surface area contributed by atoms with Gasteiger partial charge in [-0.1, -0.05) is 0 Å². The van der Waals surface area contributed by atoms with Gasteiger partial charge in [0.25, 0.3) is 11.6 Å². The van der Waals surface area contributed by atoms with Crippen LogP contribution in [0.3, 0.4) is 0 Å². The highest BCUT2D eigenvalue weighted by Crippen LogP contribution is 2.20. The van der Waals surface area contributed by atoms with E-state index in [9.17, 15) is 24.5 Å². The molecule has 0 aliphatic heterocycles. The predicted octanol–water partition coefficient (Wildman–Crippen LogP) is 0.523. The number of hydrogen-bond donors (Lipinski definition) is 0. The molecular weight excluding hydrogens is 322 g/mol. The minimum Gasteiger partial charge on any atom is -0.451 e. The average molecular weight is 337 g/mol. The molecule has 2 rings (SSSR count). The molecule has 1 amide bonds. The van der Waals surface area contributed by atoms with E-state index in [0.29, 0.717) is 0 Å². The first-order valence-corrected chi connectivity index (χ1v) is 6.89. The van der Waals surface area contributed by atoms with E-state index < -0.39 is 35.2 Å². The summed E-state index contributed by atoms with van der Waals surface area (Å²) in [5, 5.41) is 10.7. The highest BCUT2D eigenvalue weighted by Gasteiger charge is 2.21. The highest BCUT2D eigenvalue weighted by molar-refractivity contribution is 5.83. The van der Waals surface area contributed by atoms with Gasteiger partial charge < -0.3 is 14.1 Å². The van der Waals surface area contributed by atoms with Crippen LogP contribution in [0.1, 0.15) is 6.92 Å². The fourth-order valence-electron chi connectivity index (χ4n) is 2.10. The van der Waals surface area contributed by atoms with E-state index >= 15 is 0 Å². The Hall–Kier alpha value is -3.17. The van der Waals surface area contributed by atoms with Crippen LogP contribution in [0.5, 0.6) is 0 Å². The third-order valence-electron chi connectivity index (χ3n) is 3.25. The van der Waals surface area contributed by atoms with Crippen LogP contribution in [0, 0.1) is 10.1 Å².